The van der Waals surface area contributed by atoms with Gasteiger partial charge in [0, 0.05) is 18.8 Å². The molecule has 6 nitrogen and oxygen atoms in total. The first kappa shape index (κ1) is 19.7. The molecule has 0 aliphatic carbocycles. The molecule has 0 bridgehead atoms. The number of methoxy groups -OCH3 is 1. The number of aryl methyl sites for hydroxylation is 1. The molecular formula is C20H26N2O4. The number of carbonyl (C=O) groups excluding carboxylic acids is 2. The standard InChI is InChI=1S/C20H26N2O4/c1-13-17(20(24)25-4)14(2)22-18(13)19(23)21-11-8-12-26-15(3)16-9-6-5-7-10-16/h5-7,9-10,15,22H,8,11-12H2,1-4H3,(H,21,23). The number of benzene rings is 1. The lowest BCUT2D eigenvalue weighted by molar-refractivity contribution is 0.0599. The van der Waals surface area contributed by atoms with Crippen molar-refractivity contribution in [1.29, 1.82) is 0 Å². The van der Waals surface area contributed by atoms with Gasteiger partial charge in [-0.25, -0.2) is 4.79 Å². The molecule has 0 fully saturated rings. The molecule has 1 aromatic heterocycles. The smallest absolute Gasteiger partial charge is 0.339 e. The van der Waals surface area contributed by atoms with Crippen molar-refractivity contribution in [3.63, 3.8) is 0 Å². The fourth-order valence-corrected chi connectivity index (χ4v) is 2.83. The molecule has 140 valence electrons. The summed E-state index contributed by atoms with van der Waals surface area (Å²) in [5, 5.41) is 2.85. The summed E-state index contributed by atoms with van der Waals surface area (Å²) in [5.41, 5.74) is 3.16. The van der Waals surface area contributed by atoms with Crippen molar-refractivity contribution >= 4 is 11.9 Å². The average molecular weight is 358 g/mol. The van der Waals surface area contributed by atoms with Gasteiger partial charge in [-0.05, 0) is 38.3 Å². The van der Waals surface area contributed by atoms with E-state index in [1.54, 1.807) is 13.8 Å². The molecule has 0 radical (unpaired) electrons. The summed E-state index contributed by atoms with van der Waals surface area (Å²) in [6.45, 7) is 6.52. The predicted molar refractivity (Wildman–Crippen MR) is 99.4 cm³/mol. The highest BCUT2D eigenvalue weighted by Crippen LogP contribution is 2.19. The van der Waals surface area contributed by atoms with Crippen molar-refractivity contribution in [2.45, 2.75) is 33.3 Å². The quantitative estimate of drug-likeness (QED) is 0.560. The van der Waals surface area contributed by atoms with E-state index in [2.05, 4.69) is 10.3 Å². The van der Waals surface area contributed by atoms with E-state index in [0.29, 0.717) is 42.1 Å². The Labute approximate surface area is 153 Å². The summed E-state index contributed by atoms with van der Waals surface area (Å²) < 4.78 is 10.5. The Morgan fingerprint density at radius 3 is 2.54 bits per heavy atom. The van der Waals surface area contributed by atoms with Crippen LogP contribution in [0.5, 0.6) is 0 Å². The minimum atomic E-state index is -0.446. The number of hydrogen-bond donors (Lipinski definition) is 2. The maximum atomic E-state index is 12.3. The van der Waals surface area contributed by atoms with Crippen LogP contribution in [0.2, 0.25) is 0 Å². The van der Waals surface area contributed by atoms with Crippen LogP contribution in [0.4, 0.5) is 0 Å². The van der Waals surface area contributed by atoms with Crippen LogP contribution in [0.25, 0.3) is 0 Å². The molecule has 0 aliphatic rings. The Kier molecular flexibility index (Phi) is 6.97. The number of carbonyl (C=O) groups is 2. The summed E-state index contributed by atoms with van der Waals surface area (Å²) in [4.78, 5) is 27.1. The second kappa shape index (κ2) is 9.20. The molecule has 0 saturated heterocycles. The fraction of sp³-hybridized carbons (Fsp3) is 0.400. The second-order valence-electron chi connectivity index (χ2n) is 6.15. The van der Waals surface area contributed by atoms with Crippen LogP contribution in [-0.2, 0) is 9.47 Å². The van der Waals surface area contributed by atoms with E-state index in [9.17, 15) is 9.59 Å². The van der Waals surface area contributed by atoms with Crippen LogP contribution >= 0.6 is 0 Å². The van der Waals surface area contributed by atoms with Crippen LogP contribution in [0, 0.1) is 13.8 Å². The Balaban J connectivity index is 1.80. The zero-order valence-corrected chi connectivity index (χ0v) is 15.7. The van der Waals surface area contributed by atoms with E-state index in [4.69, 9.17) is 9.47 Å². The molecule has 1 atom stereocenters. The number of ether oxygens (including phenoxy) is 2. The van der Waals surface area contributed by atoms with Crippen LogP contribution in [0.3, 0.4) is 0 Å². The summed E-state index contributed by atoms with van der Waals surface area (Å²) in [6.07, 6.45) is 0.716. The van der Waals surface area contributed by atoms with E-state index in [1.807, 2.05) is 37.3 Å². The van der Waals surface area contributed by atoms with Gasteiger partial charge in [-0.15, -0.1) is 0 Å². The molecule has 2 rings (SSSR count). The predicted octanol–water partition coefficient (Wildman–Crippen LogP) is 3.32. The largest absolute Gasteiger partial charge is 0.465 e. The fourth-order valence-electron chi connectivity index (χ4n) is 2.83. The van der Waals surface area contributed by atoms with Gasteiger partial charge in [-0.2, -0.15) is 0 Å². The summed E-state index contributed by atoms with van der Waals surface area (Å²) >= 11 is 0. The number of aromatic nitrogens is 1. The number of H-pyrrole nitrogens is 1. The zero-order chi connectivity index (χ0) is 19.1. The van der Waals surface area contributed by atoms with Gasteiger partial charge in [0.25, 0.3) is 5.91 Å². The molecule has 0 spiro atoms. The van der Waals surface area contributed by atoms with Crippen molar-refractivity contribution in [2.75, 3.05) is 20.3 Å². The number of amides is 1. The van der Waals surface area contributed by atoms with Crippen molar-refractivity contribution in [1.82, 2.24) is 10.3 Å². The molecule has 26 heavy (non-hydrogen) atoms. The van der Waals surface area contributed by atoms with Gasteiger partial charge in [0.15, 0.2) is 0 Å². The minimum absolute atomic E-state index is 0.0165. The molecule has 1 aromatic carbocycles. The van der Waals surface area contributed by atoms with Crippen LogP contribution in [-0.4, -0.2) is 37.1 Å². The lowest BCUT2D eigenvalue weighted by atomic mass is 10.1. The van der Waals surface area contributed by atoms with Gasteiger partial charge < -0.3 is 19.8 Å². The first-order valence-corrected chi connectivity index (χ1v) is 8.68. The third-order valence-electron chi connectivity index (χ3n) is 4.30. The molecule has 0 saturated carbocycles. The van der Waals surface area contributed by atoms with Gasteiger partial charge >= 0.3 is 5.97 Å². The molecule has 1 unspecified atom stereocenters. The Hall–Kier alpha value is -2.60. The molecule has 6 heteroatoms. The summed E-state index contributed by atoms with van der Waals surface area (Å²) in [7, 11) is 1.32. The Bertz CT molecular complexity index is 753. The number of aromatic amines is 1. The van der Waals surface area contributed by atoms with Crippen molar-refractivity contribution in [3.05, 3.63) is 58.4 Å². The lowest BCUT2D eigenvalue weighted by Gasteiger charge is -2.13. The summed E-state index contributed by atoms with van der Waals surface area (Å²) in [6, 6.07) is 10.0. The maximum Gasteiger partial charge on any atom is 0.339 e. The number of hydrogen-bond acceptors (Lipinski definition) is 4. The molecule has 1 heterocycles. The Morgan fingerprint density at radius 2 is 1.88 bits per heavy atom. The molecule has 2 N–H and O–H groups in total. The monoisotopic (exact) mass is 358 g/mol. The zero-order valence-electron chi connectivity index (χ0n) is 15.7. The molecule has 0 aliphatic heterocycles. The lowest BCUT2D eigenvalue weighted by Crippen LogP contribution is -2.26. The third kappa shape index (κ3) is 4.73. The van der Waals surface area contributed by atoms with E-state index >= 15 is 0 Å². The first-order chi connectivity index (χ1) is 12.5. The normalized spacial score (nSPS) is 11.8. The van der Waals surface area contributed by atoms with Gasteiger partial charge in [0.1, 0.15) is 5.69 Å². The SMILES string of the molecule is COC(=O)c1c(C)[nH]c(C(=O)NCCCOC(C)c2ccccc2)c1C. The van der Waals surface area contributed by atoms with E-state index in [0.717, 1.165) is 5.56 Å². The van der Waals surface area contributed by atoms with Gasteiger partial charge in [-0.1, -0.05) is 30.3 Å². The minimum Gasteiger partial charge on any atom is -0.465 e. The Morgan fingerprint density at radius 1 is 1.19 bits per heavy atom. The van der Waals surface area contributed by atoms with Crippen molar-refractivity contribution < 1.29 is 19.1 Å². The number of nitrogens with one attached hydrogen (secondary N) is 2. The first-order valence-electron chi connectivity index (χ1n) is 8.68. The molecule has 1 amide bonds. The highest BCUT2D eigenvalue weighted by Gasteiger charge is 2.22. The average Bonchev–Trinajstić information content (AvgIpc) is 2.95. The van der Waals surface area contributed by atoms with E-state index in [1.165, 1.54) is 7.11 Å². The van der Waals surface area contributed by atoms with Crippen LogP contribution in [0.1, 0.15) is 57.1 Å². The van der Waals surface area contributed by atoms with Gasteiger partial charge in [0.2, 0.25) is 0 Å². The topological polar surface area (TPSA) is 80.4 Å². The van der Waals surface area contributed by atoms with Crippen molar-refractivity contribution in [3.8, 4) is 0 Å². The highest BCUT2D eigenvalue weighted by atomic mass is 16.5. The van der Waals surface area contributed by atoms with Gasteiger partial charge in [-0.3, -0.25) is 4.79 Å². The highest BCUT2D eigenvalue weighted by molar-refractivity contribution is 6.00. The van der Waals surface area contributed by atoms with E-state index in [-0.39, 0.29) is 12.0 Å². The van der Waals surface area contributed by atoms with Crippen LogP contribution in [0.15, 0.2) is 30.3 Å². The molecule has 2 aromatic rings. The number of esters is 1. The van der Waals surface area contributed by atoms with Crippen LogP contribution < -0.4 is 5.32 Å². The second-order valence-corrected chi connectivity index (χ2v) is 6.15. The van der Waals surface area contributed by atoms with Gasteiger partial charge in [0.05, 0.1) is 18.8 Å². The van der Waals surface area contributed by atoms with E-state index < -0.39 is 5.97 Å². The van der Waals surface area contributed by atoms with Crippen molar-refractivity contribution in [2.24, 2.45) is 0 Å². The number of rotatable bonds is 8. The third-order valence-corrected chi connectivity index (χ3v) is 4.30. The maximum absolute atomic E-state index is 12.3. The summed E-state index contributed by atoms with van der Waals surface area (Å²) in [5.74, 6) is -0.685. The molecular weight excluding hydrogens is 332 g/mol.